The van der Waals surface area contributed by atoms with E-state index in [9.17, 15) is 25.9 Å². The van der Waals surface area contributed by atoms with E-state index in [0.29, 0.717) is 6.42 Å². The van der Waals surface area contributed by atoms with Gasteiger partial charge in [-0.15, -0.1) is 0 Å². The molecular weight excluding hydrogens is 380 g/mol. The van der Waals surface area contributed by atoms with Gasteiger partial charge >= 0.3 is 0 Å². The molecule has 0 amide bonds. The summed E-state index contributed by atoms with van der Waals surface area (Å²) in [6, 6.07) is 11.0. The highest BCUT2D eigenvalue weighted by Gasteiger charge is 2.22. The highest BCUT2D eigenvalue weighted by Crippen LogP contribution is 2.08. The molecule has 0 aliphatic heterocycles. The molecular formula is C16H24N2O6S2. The van der Waals surface area contributed by atoms with E-state index in [1.807, 2.05) is 30.6 Å². The predicted molar refractivity (Wildman–Crippen MR) is 93.5 cm³/mol. The van der Waals surface area contributed by atoms with E-state index in [1.165, 1.54) is 4.57 Å². The summed E-state index contributed by atoms with van der Waals surface area (Å²) in [7, 11) is -8.18. The van der Waals surface area contributed by atoms with Crippen molar-refractivity contribution in [2.75, 3.05) is 5.75 Å². The predicted octanol–water partition coefficient (Wildman–Crippen LogP) is 0.870. The first-order chi connectivity index (χ1) is 12.1. The van der Waals surface area contributed by atoms with Crippen molar-refractivity contribution in [1.82, 2.24) is 0 Å². The molecule has 0 aliphatic rings. The SMILES string of the molecule is CCC([n+]1ccccc1)S(=O)(=O)[O-].CCCS(=O)(=O)[O-].c1cc[nH+]cc1. The highest BCUT2D eigenvalue weighted by molar-refractivity contribution is 7.85. The number of nitrogens with one attached hydrogen (secondary N) is 1. The Balaban J connectivity index is 0.000000404. The Kier molecular flexibility index (Phi) is 11.6. The van der Waals surface area contributed by atoms with E-state index in [2.05, 4.69) is 4.98 Å². The van der Waals surface area contributed by atoms with Crippen LogP contribution in [0.5, 0.6) is 0 Å². The van der Waals surface area contributed by atoms with Crippen molar-refractivity contribution in [3.05, 3.63) is 61.2 Å². The quantitative estimate of drug-likeness (QED) is 0.536. The second-order valence-corrected chi connectivity index (χ2v) is 8.07. The summed E-state index contributed by atoms with van der Waals surface area (Å²) >= 11 is 0. The number of hydrogen-bond donors (Lipinski definition) is 0. The number of hydrogen-bond acceptors (Lipinski definition) is 6. The molecule has 8 nitrogen and oxygen atoms in total. The molecule has 0 radical (unpaired) electrons. The lowest BCUT2D eigenvalue weighted by Gasteiger charge is -2.13. The van der Waals surface area contributed by atoms with E-state index < -0.39 is 25.6 Å². The largest absolute Gasteiger partial charge is 0.748 e. The van der Waals surface area contributed by atoms with Crippen LogP contribution in [0.1, 0.15) is 32.1 Å². The van der Waals surface area contributed by atoms with E-state index in [-0.39, 0.29) is 12.2 Å². The van der Waals surface area contributed by atoms with Gasteiger partial charge in [-0.25, -0.2) is 21.8 Å². The van der Waals surface area contributed by atoms with Crippen LogP contribution in [0.4, 0.5) is 0 Å². The molecule has 2 rings (SSSR count). The zero-order valence-electron chi connectivity index (χ0n) is 14.7. The minimum Gasteiger partial charge on any atom is -0.748 e. The van der Waals surface area contributed by atoms with Crippen molar-refractivity contribution in [3.63, 3.8) is 0 Å². The number of nitrogens with zero attached hydrogens (tertiary/aromatic N) is 1. The van der Waals surface area contributed by atoms with Gasteiger partial charge in [0, 0.05) is 36.4 Å². The third-order valence-electron chi connectivity index (χ3n) is 2.81. The molecule has 2 heterocycles. The lowest BCUT2D eigenvalue weighted by molar-refractivity contribution is -0.702. The van der Waals surface area contributed by atoms with E-state index in [1.54, 1.807) is 44.4 Å². The smallest absolute Gasteiger partial charge is 0.245 e. The van der Waals surface area contributed by atoms with Gasteiger partial charge in [0.2, 0.25) is 5.37 Å². The Morgan fingerprint density at radius 1 is 0.885 bits per heavy atom. The zero-order chi connectivity index (χ0) is 20.1. The summed E-state index contributed by atoms with van der Waals surface area (Å²) < 4.78 is 62.8. The molecule has 0 saturated carbocycles. The van der Waals surface area contributed by atoms with Crippen molar-refractivity contribution in [2.45, 2.75) is 32.1 Å². The molecule has 2 aromatic rings. The summed E-state index contributed by atoms with van der Waals surface area (Å²) in [5.74, 6) is -0.243. The molecule has 0 bridgehead atoms. The number of aromatic nitrogens is 2. The first-order valence-electron chi connectivity index (χ1n) is 7.87. The standard InChI is InChI=1S/C8H11NO3S.C5H5N.C3H8O3S/c1-2-8(13(10,11)12)9-6-4-3-5-7-9;1-2-4-6-5-3-1;1-2-3-7(4,5)6/h3-8H,2H2,1H3;1-5H;2-3H2,1H3,(H,4,5,6). The van der Waals surface area contributed by atoms with Gasteiger partial charge in [-0.2, -0.15) is 4.57 Å². The number of H-pyrrole nitrogens is 1. The van der Waals surface area contributed by atoms with Crippen LogP contribution < -0.4 is 9.55 Å². The molecule has 0 aromatic carbocycles. The van der Waals surface area contributed by atoms with Crippen LogP contribution in [0.15, 0.2) is 61.2 Å². The summed E-state index contributed by atoms with van der Waals surface area (Å²) in [6.07, 6.45) is 7.58. The Labute approximate surface area is 155 Å². The topological polar surface area (TPSA) is 132 Å². The second-order valence-electron chi connectivity index (χ2n) is 5.02. The van der Waals surface area contributed by atoms with Crippen molar-refractivity contribution in [1.29, 1.82) is 0 Å². The second kappa shape index (κ2) is 12.5. The van der Waals surface area contributed by atoms with Crippen molar-refractivity contribution >= 4 is 20.2 Å². The maximum Gasteiger partial charge on any atom is 0.245 e. The zero-order valence-corrected chi connectivity index (χ0v) is 16.3. The molecule has 0 saturated heterocycles. The molecule has 26 heavy (non-hydrogen) atoms. The maximum absolute atomic E-state index is 10.8. The molecule has 0 aliphatic carbocycles. The average Bonchev–Trinajstić information content (AvgIpc) is 2.57. The van der Waals surface area contributed by atoms with Crippen LogP contribution >= 0.6 is 0 Å². The fourth-order valence-corrected chi connectivity index (χ4v) is 3.11. The molecule has 0 fully saturated rings. The highest BCUT2D eigenvalue weighted by atomic mass is 32.2. The van der Waals surface area contributed by atoms with Crippen molar-refractivity contribution < 1.29 is 35.5 Å². The maximum atomic E-state index is 10.8. The third kappa shape index (κ3) is 12.5. The summed E-state index contributed by atoms with van der Waals surface area (Å²) in [5.41, 5.74) is 0. The third-order valence-corrected chi connectivity index (χ3v) is 4.97. The van der Waals surface area contributed by atoms with Crippen molar-refractivity contribution in [2.24, 2.45) is 0 Å². The lowest BCUT2D eigenvalue weighted by atomic mass is 10.4. The van der Waals surface area contributed by atoms with E-state index >= 15 is 0 Å². The monoisotopic (exact) mass is 404 g/mol. The van der Waals surface area contributed by atoms with Crippen LogP contribution in [-0.4, -0.2) is 31.7 Å². The fourth-order valence-electron chi connectivity index (χ4n) is 1.76. The van der Waals surface area contributed by atoms with E-state index in [0.717, 1.165) is 0 Å². The van der Waals surface area contributed by atoms with Gasteiger partial charge in [-0.05, 0) is 6.42 Å². The Hall–Kier alpha value is -1.88. The molecule has 146 valence electrons. The molecule has 1 unspecified atom stereocenters. The Morgan fingerprint density at radius 2 is 1.38 bits per heavy atom. The minimum atomic E-state index is -4.26. The molecule has 1 N–H and O–H groups in total. The average molecular weight is 405 g/mol. The summed E-state index contributed by atoms with van der Waals surface area (Å²) in [5, 5.41) is -0.992. The summed E-state index contributed by atoms with van der Waals surface area (Å²) in [6.45, 7) is 3.32. The molecule has 2 aromatic heterocycles. The number of pyridine rings is 2. The van der Waals surface area contributed by atoms with Gasteiger partial charge in [-0.1, -0.05) is 26.0 Å². The van der Waals surface area contributed by atoms with Gasteiger partial charge in [0.1, 0.15) is 0 Å². The fraction of sp³-hybridized carbons (Fsp3) is 0.375. The van der Waals surface area contributed by atoms with Crippen LogP contribution in [-0.2, 0) is 20.2 Å². The van der Waals surface area contributed by atoms with Gasteiger partial charge in [0.25, 0.3) is 0 Å². The van der Waals surface area contributed by atoms with Crippen molar-refractivity contribution in [3.8, 4) is 0 Å². The normalized spacial score (nSPS) is 12.0. The first kappa shape index (κ1) is 24.1. The van der Waals surface area contributed by atoms with Crippen LogP contribution in [0.2, 0.25) is 0 Å². The summed E-state index contributed by atoms with van der Waals surface area (Å²) in [4.78, 5) is 2.89. The van der Waals surface area contributed by atoms with Gasteiger partial charge < -0.3 is 9.11 Å². The van der Waals surface area contributed by atoms with Gasteiger partial charge in [0.15, 0.2) is 34.9 Å². The Morgan fingerprint density at radius 3 is 1.62 bits per heavy atom. The van der Waals surface area contributed by atoms with Gasteiger partial charge in [-0.3, -0.25) is 0 Å². The van der Waals surface area contributed by atoms with Crippen LogP contribution in [0.25, 0.3) is 0 Å². The minimum absolute atomic E-state index is 0.243. The Bertz CT molecular complexity index is 770. The molecule has 1 atom stereocenters. The van der Waals surface area contributed by atoms with Crippen LogP contribution in [0, 0.1) is 0 Å². The van der Waals surface area contributed by atoms with Crippen LogP contribution in [0.3, 0.4) is 0 Å². The molecule has 0 spiro atoms. The number of rotatable bonds is 5. The molecule has 10 heteroatoms. The lowest BCUT2D eigenvalue weighted by Crippen LogP contribution is -2.42. The van der Waals surface area contributed by atoms with E-state index in [4.69, 9.17) is 0 Å². The number of aromatic amines is 1. The van der Waals surface area contributed by atoms with Gasteiger partial charge in [0.05, 0.1) is 10.1 Å². The first-order valence-corrected chi connectivity index (χ1v) is 10.9.